The van der Waals surface area contributed by atoms with Gasteiger partial charge in [-0.25, -0.2) is 4.68 Å². The lowest BCUT2D eigenvalue weighted by atomic mass is 10.1. The van der Waals surface area contributed by atoms with Gasteiger partial charge in [-0.15, -0.1) is 0 Å². The molecule has 0 aliphatic carbocycles. The Morgan fingerprint density at radius 3 is 2.46 bits per heavy atom. The van der Waals surface area contributed by atoms with Gasteiger partial charge < -0.3 is 5.32 Å². The highest BCUT2D eigenvalue weighted by Gasteiger charge is 2.36. The van der Waals surface area contributed by atoms with Crippen LogP contribution in [-0.4, -0.2) is 19.9 Å². The molecule has 1 N–H and O–H groups in total. The molecule has 1 aromatic carbocycles. The molecule has 0 spiro atoms. The predicted octanol–water partition coefficient (Wildman–Crippen LogP) is 3.67. The van der Waals surface area contributed by atoms with Crippen molar-refractivity contribution in [2.75, 3.05) is 5.32 Å². The molecule has 0 radical (unpaired) electrons. The Kier molecular flexibility index (Phi) is 4.46. The van der Waals surface area contributed by atoms with Crippen molar-refractivity contribution in [1.29, 1.82) is 0 Å². The van der Waals surface area contributed by atoms with Gasteiger partial charge in [0.25, 0.3) is 5.91 Å². The second-order valence-corrected chi connectivity index (χ2v) is 8.54. The van der Waals surface area contributed by atoms with E-state index in [2.05, 4.69) is 10.4 Å². The lowest BCUT2D eigenvalue weighted by molar-refractivity contribution is -0.137. The van der Waals surface area contributed by atoms with Crippen molar-refractivity contribution in [3.05, 3.63) is 46.6 Å². The van der Waals surface area contributed by atoms with Crippen molar-refractivity contribution in [1.82, 2.24) is 9.78 Å². The Morgan fingerprint density at radius 1 is 1.19 bits per heavy atom. The molecule has 9 heteroatoms. The molecule has 1 amide bonds. The van der Waals surface area contributed by atoms with E-state index >= 15 is 0 Å². The van der Waals surface area contributed by atoms with Crippen molar-refractivity contribution >= 4 is 22.5 Å². The van der Waals surface area contributed by atoms with Crippen LogP contribution in [0.5, 0.6) is 0 Å². The molecule has 0 fully saturated rings. The third kappa shape index (κ3) is 3.40. The van der Waals surface area contributed by atoms with Crippen LogP contribution in [0.25, 0.3) is 0 Å². The fourth-order valence-electron chi connectivity index (χ4n) is 2.84. The van der Waals surface area contributed by atoms with E-state index in [1.807, 2.05) is 20.8 Å². The topological polar surface area (TPSA) is 64.0 Å². The number of carbonyl (C=O) groups excluding carboxylic acids is 1. The molecule has 140 valence electrons. The number of anilines is 1. The molecule has 2 heterocycles. The van der Waals surface area contributed by atoms with Crippen LogP contribution in [0, 0.1) is 0 Å². The molecule has 0 bridgehead atoms. The maximum atomic E-state index is 13.2. The first-order valence-corrected chi connectivity index (χ1v) is 9.41. The minimum Gasteiger partial charge on any atom is -0.306 e. The smallest absolute Gasteiger partial charge is 0.306 e. The van der Waals surface area contributed by atoms with E-state index in [4.69, 9.17) is 0 Å². The summed E-state index contributed by atoms with van der Waals surface area (Å²) >= 11 is 0. The van der Waals surface area contributed by atoms with E-state index in [9.17, 15) is 22.2 Å². The third-order valence-electron chi connectivity index (χ3n) is 4.01. The van der Waals surface area contributed by atoms with E-state index in [0.717, 1.165) is 12.1 Å². The Bertz CT molecular complexity index is 898. The summed E-state index contributed by atoms with van der Waals surface area (Å²) in [5.41, 5.74) is -0.735. The van der Waals surface area contributed by atoms with E-state index < -0.39 is 39.5 Å². The van der Waals surface area contributed by atoms with E-state index in [-0.39, 0.29) is 11.5 Å². The number of hydrogen-bond acceptors (Lipinski definition) is 3. The Balaban J connectivity index is 2.03. The first-order valence-electron chi connectivity index (χ1n) is 7.92. The Labute approximate surface area is 151 Å². The summed E-state index contributed by atoms with van der Waals surface area (Å²) < 4.78 is 53.0. The third-order valence-corrected chi connectivity index (χ3v) is 5.22. The normalized spacial score (nSPS) is 17.2. The van der Waals surface area contributed by atoms with Crippen LogP contribution in [0.4, 0.5) is 19.0 Å². The molecular weight excluding hydrogens is 367 g/mol. The molecule has 1 aromatic heterocycles. The molecule has 2 aromatic rings. The molecule has 3 rings (SSSR count). The highest BCUT2D eigenvalue weighted by Crippen LogP contribution is 2.35. The SMILES string of the molecule is CC(C)(C)n1nc2c(c1NC(=O)c1ccccc1C(F)(F)F)C[S@@](=O)C2. The van der Waals surface area contributed by atoms with Gasteiger partial charge in [-0.2, -0.15) is 18.3 Å². The van der Waals surface area contributed by atoms with Gasteiger partial charge in [-0.1, -0.05) is 12.1 Å². The summed E-state index contributed by atoms with van der Waals surface area (Å²) in [7, 11) is -1.12. The van der Waals surface area contributed by atoms with Crippen LogP contribution < -0.4 is 5.32 Å². The number of benzene rings is 1. The van der Waals surface area contributed by atoms with Crippen molar-refractivity contribution < 1.29 is 22.2 Å². The number of alkyl halides is 3. The summed E-state index contributed by atoms with van der Waals surface area (Å²) in [6, 6.07) is 4.62. The average molecular weight is 385 g/mol. The zero-order chi connectivity index (χ0) is 19.3. The zero-order valence-electron chi connectivity index (χ0n) is 14.5. The van der Waals surface area contributed by atoms with E-state index in [1.54, 1.807) is 4.68 Å². The van der Waals surface area contributed by atoms with Crippen LogP contribution in [0.1, 0.15) is 48.0 Å². The van der Waals surface area contributed by atoms with Crippen molar-refractivity contribution in [2.24, 2.45) is 0 Å². The van der Waals surface area contributed by atoms with E-state index in [1.165, 1.54) is 12.1 Å². The number of carbonyl (C=O) groups is 1. The van der Waals surface area contributed by atoms with Gasteiger partial charge in [0.2, 0.25) is 0 Å². The van der Waals surface area contributed by atoms with Gasteiger partial charge in [0, 0.05) is 16.4 Å². The van der Waals surface area contributed by atoms with Gasteiger partial charge in [-0.3, -0.25) is 9.00 Å². The zero-order valence-corrected chi connectivity index (χ0v) is 15.3. The van der Waals surface area contributed by atoms with Crippen LogP contribution in [-0.2, 0) is 34.0 Å². The van der Waals surface area contributed by atoms with Gasteiger partial charge >= 0.3 is 6.18 Å². The van der Waals surface area contributed by atoms with Crippen LogP contribution in [0.2, 0.25) is 0 Å². The molecule has 0 saturated heterocycles. The van der Waals surface area contributed by atoms with Gasteiger partial charge in [0.1, 0.15) is 5.82 Å². The molecule has 1 atom stereocenters. The molecule has 0 unspecified atom stereocenters. The fraction of sp³-hybridized carbons (Fsp3) is 0.412. The molecule has 1 aliphatic heterocycles. The fourth-order valence-corrected chi connectivity index (χ4v) is 4.11. The summed E-state index contributed by atoms with van der Waals surface area (Å²) in [5.74, 6) is -0.0633. The van der Waals surface area contributed by atoms with Gasteiger partial charge in [-0.05, 0) is 32.9 Å². The number of halogens is 3. The quantitative estimate of drug-likeness (QED) is 0.858. The monoisotopic (exact) mass is 385 g/mol. The number of nitrogens with one attached hydrogen (secondary N) is 1. The average Bonchev–Trinajstić information content (AvgIpc) is 3.03. The maximum Gasteiger partial charge on any atom is 0.417 e. The van der Waals surface area contributed by atoms with Crippen LogP contribution in [0.15, 0.2) is 24.3 Å². The summed E-state index contributed by atoms with van der Waals surface area (Å²) in [6.45, 7) is 5.60. The number of hydrogen-bond donors (Lipinski definition) is 1. The Hall–Kier alpha value is -2.16. The van der Waals surface area contributed by atoms with Gasteiger partial charge in [0.05, 0.1) is 33.9 Å². The van der Waals surface area contributed by atoms with Crippen molar-refractivity contribution in [2.45, 2.75) is 44.0 Å². The lowest BCUT2D eigenvalue weighted by Gasteiger charge is -2.23. The highest BCUT2D eigenvalue weighted by atomic mass is 32.2. The number of amides is 1. The number of nitrogens with zero attached hydrogens (tertiary/aromatic N) is 2. The second kappa shape index (κ2) is 6.22. The minimum atomic E-state index is -4.64. The standard InChI is InChI=1S/C17H18F3N3O2S/c1-16(2,3)23-14(11-8-26(25)9-13(11)22-23)21-15(24)10-6-4-5-7-12(10)17(18,19)20/h4-7H,8-9H2,1-3H3,(H,21,24)/t26-/m1/s1. The molecular formula is C17H18F3N3O2S. The van der Waals surface area contributed by atoms with Crippen LogP contribution >= 0.6 is 0 Å². The van der Waals surface area contributed by atoms with E-state index in [0.29, 0.717) is 17.1 Å². The molecule has 5 nitrogen and oxygen atoms in total. The maximum absolute atomic E-state index is 13.2. The molecule has 26 heavy (non-hydrogen) atoms. The summed E-state index contributed by atoms with van der Waals surface area (Å²) in [4.78, 5) is 12.6. The number of aromatic nitrogens is 2. The minimum absolute atomic E-state index is 0.224. The van der Waals surface area contributed by atoms with Crippen molar-refractivity contribution in [3.63, 3.8) is 0 Å². The second-order valence-electron chi connectivity index (χ2n) is 7.08. The first kappa shape index (κ1) is 18.6. The highest BCUT2D eigenvalue weighted by molar-refractivity contribution is 7.83. The molecule has 1 aliphatic rings. The molecule has 0 saturated carbocycles. The number of rotatable bonds is 2. The largest absolute Gasteiger partial charge is 0.417 e. The first-order chi connectivity index (χ1) is 12.0. The predicted molar refractivity (Wildman–Crippen MR) is 92.2 cm³/mol. The van der Waals surface area contributed by atoms with Crippen molar-refractivity contribution in [3.8, 4) is 0 Å². The van der Waals surface area contributed by atoms with Gasteiger partial charge in [0.15, 0.2) is 0 Å². The summed E-state index contributed by atoms with van der Waals surface area (Å²) in [5, 5.41) is 6.99. The number of fused-ring (bicyclic) bond motifs is 1. The summed E-state index contributed by atoms with van der Waals surface area (Å²) in [6.07, 6.45) is -4.64. The lowest BCUT2D eigenvalue weighted by Crippen LogP contribution is -2.28. The van der Waals surface area contributed by atoms with Crippen LogP contribution in [0.3, 0.4) is 0 Å². The Morgan fingerprint density at radius 2 is 1.85 bits per heavy atom.